The molecule has 2 saturated heterocycles. The molecule has 3 fully saturated rings. The highest BCUT2D eigenvalue weighted by Gasteiger charge is 2.54. The molecule has 1 N–H and O–H groups in total. The maximum atomic E-state index is 13.9. The molecule has 1 aliphatic carbocycles. The van der Waals surface area contributed by atoms with Crippen LogP contribution in [0, 0.1) is 12.8 Å². The number of hydrogen-bond acceptors (Lipinski definition) is 4. The van der Waals surface area contributed by atoms with Crippen molar-refractivity contribution in [2.45, 2.75) is 57.1 Å². The third-order valence-electron chi connectivity index (χ3n) is 7.66. The third-order valence-corrected chi connectivity index (χ3v) is 7.66. The van der Waals surface area contributed by atoms with Crippen LogP contribution in [0.5, 0.6) is 0 Å². The van der Waals surface area contributed by atoms with Crippen LogP contribution in [0.25, 0.3) is 0 Å². The monoisotopic (exact) mass is 529 g/mol. The Bertz CT molecular complexity index is 1240. The van der Waals surface area contributed by atoms with E-state index in [1.165, 1.54) is 17.0 Å². The SMILES string of the molecule is Cc1ccccc1C(=O)N1C(C(=O)NCc2cccc(C(F)(F)F)c2)COC12CCN(C(=O)C1CC1)CC2. The van der Waals surface area contributed by atoms with Gasteiger partial charge >= 0.3 is 6.18 Å². The Morgan fingerprint density at radius 2 is 1.76 bits per heavy atom. The van der Waals surface area contributed by atoms with Gasteiger partial charge in [0.05, 0.1) is 12.2 Å². The summed E-state index contributed by atoms with van der Waals surface area (Å²) >= 11 is 0. The molecule has 5 rings (SSSR count). The first kappa shape index (κ1) is 26.2. The van der Waals surface area contributed by atoms with Crippen LogP contribution < -0.4 is 5.32 Å². The van der Waals surface area contributed by atoms with E-state index in [4.69, 9.17) is 4.74 Å². The van der Waals surface area contributed by atoms with E-state index in [2.05, 4.69) is 5.32 Å². The molecule has 0 aromatic heterocycles. The fourth-order valence-corrected chi connectivity index (χ4v) is 5.34. The number of rotatable bonds is 5. The fraction of sp³-hybridized carbons (Fsp3) is 0.464. The molecule has 2 aromatic carbocycles. The maximum absolute atomic E-state index is 13.9. The van der Waals surface area contributed by atoms with Crippen molar-refractivity contribution < 1.29 is 32.3 Å². The van der Waals surface area contributed by atoms with Crippen molar-refractivity contribution in [1.29, 1.82) is 0 Å². The van der Waals surface area contributed by atoms with Gasteiger partial charge in [-0.3, -0.25) is 19.3 Å². The van der Waals surface area contributed by atoms with E-state index in [1.807, 2.05) is 24.0 Å². The number of likely N-dealkylation sites (tertiary alicyclic amines) is 1. The Morgan fingerprint density at radius 1 is 1.05 bits per heavy atom. The number of aryl methyl sites for hydroxylation is 1. The van der Waals surface area contributed by atoms with Crippen LogP contribution in [-0.4, -0.2) is 59.0 Å². The normalized spacial score (nSPS) is 21.0. The molecule has 0 bridgehead atoms. The molecule has 38 heavy (non-hydrogen) atoms. The number of hydrogen-bond donors (Lipinski definition) is 1. The van der Waals surface area contributed by atoms with Crippen LogP contribution >= 0.6 is 0 Å². The number of carbonyl (C=O) groups is 3. The molecule has 3 amide bonds. The minimum absolute atomic E-state index is 0.0391. The Labute approximate surface area is 218 Å². The van der Waals surface area contributed by atoms with E-state index >= 15 is 0 Å². The van der Waals surface area contributed by atoms with Crippen LogP contribution in [0.4, 0.5) is 13.2 Å². The number of nitrogens with one attached hydrogen (secondary N) is 1. The number of nitrogens with zero attached hydrogens (tertiary/aromatic N) is 2. The zero-order valence-corrected chi connectivity index (χ0v) is 21.1. The van der Waals surface area contributed by atoms with Crippen LogP contribution in [0.1, 0.15) is 52.7 Å². The lowest BCUT2D eigenvalue weighted by Crippen LogP contribution is -2.60. The van der Waals surface area contributed by atoms with E-state index in [0.717, 1.165) is 30.5 Å². The van der Waals surface area contributed by atoms with Gasteiger partial charge in [0, 0.05) is 44.0 Å². The summed E-state index contributed by atoms with van der Waals surface area (Å²) in [6.45, 7) is 2.50. The summed E-state index contributed by atoms with van der Waals surface area (Å²) < 4.78 is 45.5. The number of halogens is 3. The lowest BCUT2D eigenvalue weighted by molar-refractivity contribution is -0.144. The van der Waals surface area contributed by atoms with E-state index in [0.29, 0.717) is 37.1 Å². The van der Waals surface area contributed by atoms with E-state index in [1.54, 1.807) is 12.1 Å². The first-order valence-corrected chi connectivity index (χ1v) is 12.8. The van der Waals surface area contributed by atoms with E-state index in [9.17, 15) is 27.6 Å². The fourth-order valence-electron chi connectivity index (χ4n) is 5.34. The van der Waals surface area contributed by atoms with Gasteiger partial charge in [-0.05, 0) is 49.1 Å². The van der Waals surface area contributed by atoms with Gasteiger partial charge in [0.25, 0.3) is 5.91 Å². The standard InChI is InChI=1S/C28H30F3N3O4/c1-18-5-2-3-8-22(18)26(37)34-23(24(35)32-16-19-6-4-7-21(15-19)28(29,30)31)17-38-27(34)11-13-33(14-12-27)25(36)20-9-10-20/h2-8,15,20,23H,9-14,16-17H2,1H3,(H,32,35). The summed E-state index contributed by atoms with van der Waals surface area (Å²) in [4.78, 5) is 43.1. The first-order valence-electron chi connectivity index (χ1n) is 12.8. The Balaban J connectivity index is 1.36. The van der Waals surface area contributed by atoms with Crippen molar-refractivity contribution in [3.8, 4) is 0 Å². The second-order valence-electron chi connectivity index (χ2n) is 10.3. The van der Waals surface area contributed by atoms with E-state index in [-0.39, 0.29) is 30.9 Å². The van der Waals surface area contributed by atoms with Crippen molar-refractivity contribution in [2.75, 3.05) is 19.7 Å². The predicted molar refractivity (Wildman–Crippen MR) is 132 cm³/mol. The van der Waals surface area contributed by atoms with Crippen LogP contribution in [-0.2, 0) is 27.0 Å². The molecule has 2 aliphatic heterocycles. The molecule has 3 aliphatic rings. The lowest BCUT2D eigenvalue weighted by Gasteiger charge is -2.44. The van der Waals surface area contributed by atoms with Gasteiger partial charge < -0.3 is 15.0 Å². The van der Waals surface area contributed by atoms with Crippen LogP contribution in [0.3, 0.4) is 0 Å². The van der Waals surface area contributed by atoms with Crippen LogP contribution in [0.15, 0.2) is 48.5 Å². The second-order valence-corrected chi connectivity index (χ2v) is 10.3. The van der Waals surface area contributed by atoms with Crippen molar-refractivity contribution in [3.63, 3.8) is 0 Å². The Kier molecular flexibility index (Phi) is 6.94. The number of piperidine rings is 1. The number of ether oxygens (including phenoxy) is 1. The van der Waals surface area contributed by atoms with Gasteiger partial charge in [-0.25, -0.2) is 0 Å². The van der Waals surface area contributed by atoms with Gasteiger partial charge in [0.15, 0.2) is 0 Å². The van der Waals surface area contributed by atoms with Crippen molar-refractivity contribution in [2.24, 2.45) is 5.92 Å². The Morgan fingerprint density at radius 3 is 2.42 bits per heavy atom. The van der Waals surface area contributed by atoms with Crippen molar-refractivity contribution >= 4 is 17.7 Å². The van der Waals surface area contributed by atoms with Crippen molar-refractivity contribution in [1.82, 2.24) is 15.1 Å². The van der Waals surface area contributed by atoms with Gasteiger partial charge in [-0.2, -0.15) is 13.2 Å². The van der Waals surface area contributed by atoms with Gasteiger partial charge in [0.2, 0.25) is 11.8 Å². The molecule has 2 aromatic rings. The van der Waals surface area contributed by atoms with Gasteiger partial charge in [0.1, 0.15) is 11.8 Å². The average Bonchev–Trinajstić information content (AvgIpc) is 3.69. The zero-order chi connectivity index (χ0) is 27.1. The van der Waals surface area contributed by atoms with Crippen LogP contribution in [0.2, 0.25) is 0 Å². The molecular weight excluding hydrogens is 499 g/mol. The maximum Gasteiger partial charge on any atom is 0.416 e. The van der Waals surface area contributed by atoms with E-state index < -0.39 is 29.4 Å². The minimum Gasteiger partial charge on any atom is -0.353 e. The molecule has 1 saturated carbocycles. The molecule has 1 unspecified atom stereocenters. The summed E-state index contributed by atoms with van der Waals surface area (Å²) in [7, 11) is 0. The quantitative estimate of drug-likeness (QED) is 0.638. The number of benzene rings is 2. The van der Waals surface area contributed by atoms with Gasteiger partial charge in [-0.1, -0.05) is 30.3 Å². The second kappa shape index (κ2) is 10.1. The molecule has 7 nitrogen and oxygen atoms in total. The molecule has 10 heteroatoms. The topological polar surface area (TPSA) is 79.0 Å². The first-order chi connectivity index (χ1) is 18.1. The predicted octanol–water partition coefficient (Wildman–Crippen LogP) is 3.90. The molecule has 2 heterocycles. The highest BCUT2D eigenvalue weighted by Crippen LogP contribution is 2.40. The van der Waals surface area contributed by atoms with Gasteiger partial charge in [-0.15, -0.1) is 0 Å². The highest BCUT2D eigenvalue weighted by atomic mass is 19.4. The Hall–Kier alpha value is -3.40. The zero-order valence-electron chi connectivity index (χ0n) is 21.1. The summed E-state index contributed by atoms with van der Waals surface area (Å²) in [6, 6.07) is 10.9. The average molecular weight is 530 g/mol. The molecule has 1 spiro atoms. The highest BCUT2D eigenvalue weighted by molar-refractivity contribution is 5.99. The molecule has 0 radical (unpaired) electrons. The molecule has 1 atom stereocenters. The number of alkyl halides is 3. The summed E-state index contributed by atoms with van der Waals surface area (Å²) in [5.74, 6) is -0.628. The molecular formula is C28H30F3N3O4. The lowest BCUT2D eigenvalue weighted by atomic mass is 9.95. The molecule has 202 valence electrons. The largest absolute Gasteiger partial charge is 0.416 e. The summed E-state index contributed by atoms with van der Waals surface area (Å²) in [6.07, 6.45) is -1.93. The minimum atomic E-state index is -4.49. The smallest absolute Gasteiger partial charge is 0.353 e. The van der Waals surface area contributed by atoms with Crippen molar-refractivity contribution in [3.05, 3.63) is 70.8 Å². The summed E-state index contributed by atoms with van der Waals surface area (Å²) in [5, 5.41) is 2.70. The number of amides is 3. The summed E-state index contributed by atoms with van der Waals surface area (Å²) in [5.41, 5.74) is -0.340. The third kappa shape index (κ3) is 5.14. The number of carbonyl (C=O) groups excluding carboxylic acids is 3.